The van der Waals surface area contributed by atoms with Gasteiger partial charge in [0.15, 0.2) is 6.29 Å². The third-order valence-corrected chi connectivity index (χ3v) is 4.71. The summed E-state index contributed by atoms with van der Waals surface area (Å²) in [5.74, 6) is 2.55. The minimum atomic E-state index is -0.317. The Kier molecular flexibility index (Phi) is 7.40. The summed E-state index contributed by atoms with van der Waals surface area (Å²) in [6, 6.07) is 15.8. The Morgan fingerprint density at radius 3 is 2.15 bits per heavy atom. The van der Waals surface area contributed by atoms with Crippen molar-refractivity contribution in [2.24, 2.45) is 0 Å². The predicted octanol–water partition coefficient (Wildman–Crippen LogP) is 5.53. The molecular weight excluding hydrogens is 340 g/mol. The maximum absolute atomic E-state index is 6.03. The van der Waals surface area contributed by atoms with Crippen LogP contribution in [0.4, 0.5) is 0 Å². The molecule has 0 aromatic heterocycles. The van der Waals surface area contributed by atoms with Crippen LogP contribution in [0, 0.1) is 6.92 Å². The van der Waals surface area contributed by atoms with E-state index in [1.165, 1.54) is 37.7 Å². The number of hydrogen-bond donors (Lipinski definition) is 0. The van der Waals surface area contributed by atoms with Gasteiger partial charge in [0.2, 0.25) is 0 Å². The number of hydrogen-bond acceptors (Lipinski definition) is 4. The van der Waals surface area contributed by atoms with E-state index in [9.17, 15) is 0 Å². The van der Waals surface area contributed by atoms with E-state index < -0.39 is 0 Å². The van der Waals surface area contributed by atoms with E-state index in [1.54, 1.807) is 0 Å². The predicted molar refractivity (Wildman–Crippen MR) is 107 cm³/mol. The van der Waals surface area contributed by atoms with Crippen molar-refractivity contribution in [1.29, 1.82) is 0 Å². The molecule has 0 bridgehead atoms. The average Bonchev–Trinajstić information content (AvgIpc) is 2.69. The quantitative estimate of drug-likeness (QED) is 0.430. The van der Waals surface area contributed by atoms with Gasteiger partial charge >= 0.3 is 0 Å². The second-order valence-corrected chi connectivity index (χ2v) is 7.07. The van der Waals surface area contributed by atoms with Gasteiger partial charge in [-0.05, 0) is 75.9 Å². The molecule has 1 atom stereocenters. The van der Waals surface area contributed by atoms with Crippen LogP contribution < -0.4 is 14.2 Å². The first kappa shape index (κ1) is 19.6. The zero-order valence-corrected chi connectivity index (χ0v) is 16.4. The third-order valence-electron chi connectivity index (χ3n) is 4.71. The van der Waals surface area contributed by atoms with Crippen LogP contribution in [0.1, 0.15) is 44.6 Å². The van der Waals surface area contributed by atoms with Gasteiger partial charge in [0.1, 0.15) is 23.9 Å². The van der Waals surface area contributed by atoms with Crippen LogP contribution in [0.3, 0.4) is 0 Å². The summed E-state index contributed by atoms with van der Waals surface area (Å²) in [5.41, 5.74) is 1.21. The molecule has 3 rings (SSSR count). The molecule has 146 valence electrons. The van der Waals surface area contributed by atoms with E-state index in [2.05, 4.69) is 6.92 Å². The van der Waals surface area contributed by atoms with E-state index >= 15 is 0 Å². The van der Waals surface area contributed by atoms with Gasteiger partial charge in [-0.2, -0.15) is 0 Å². The minimum absolute atomic E-state index is 0.317. The van der Waals surface area contributed by atoms with E-state index in [4.69, 9.17) is 18.9 Å². The molecule has 1 unspecified atom stereocenters. The van der Waals surface area contributed by atoms with Gasteiger partial charge in [0.05, 0.1) is 12.7 Å². The van der Waals surface area contributed by atoms with Crippen molar-refractivity contribution in [3.05, 3.63) is 54.1 Å². The largest absolute Gasteiger partial charge is 0.491 e. The molecule has 27 heavy (non-hydrogen) atoms. The number of aryl methyl sites for hydroxylation is 1. The summed E-state index contributed by atoms with van der Waals surface area (Å²) in [6.45, 7) is 4.88. The van der Waals surface area contributed by atoms with Crippen LogP contribution in [-0.4, -0.2) is 25.6 Å². The molecule has 0 radical (unpaired) electrons. The van der Waals surface area contributed by atoms with Gasteiger partial charge in [-0.25, -0.2) is 0 Å². The first-order valence-corrected chi connectivity index (χ1v) is 9.93. The molecule has 0 N–H and O–H groups in total. The molecule has 2 aromatic rings. The lowest BCUT2D eigenvalue weighted by atomic mass is 9.98. The Morgan fingerprint density at radius 2 is 1.44 bits per heavy atom. The Balaban J connectivity index is 1.33. The molecule has 1 aliphatic rings. The molecule has 1 fully saturated rings. The fraction of sp³-hybridized carbons (Fsp3) is 0.478. The summed E-state index contributed by atoms with van der Waals surface area (Å²) in [6.07, 6.45) is 6.27. The smallest absolute Gasteiger partial charge is 0.197 e. The summed E-state index contributed by atoms with van der Waals surface area (Å²) >= 11 is 0. The normalized spacial score (nSPS) is 15.9. The van der Waals surface area contributed by atoms with E-state index in [-0.39, 0.29) is 6.29 Å². The second kappa shape index (κ2) is 10.2. The Hall–Kier alpha value is -2.20. The maximum atomic E-state index is 6.03. The number of ether oxygens (including phenoxy) is 4. The van der Waals surface area contributed by atoms with E-state index in [1.807, 2.05) is 55.5 Å². The first-order valence-electron chi connectivity index (χ1n) is 9.93. The van der Waals surface area contributed by atoms with Gasteiger partial charge < -0.3 is 18.9 Å². The highest BCUT2D eigenvalue weighted by Gasteiger charge is 2.14. The zero-order chi connectivity index (χ0) is 18.9. The Labute approximate surface area is 162 Å². The van der Waals surface area contributed by atoms with Crippen molar-refractivity contribution >= 4 is 0 Å². The fourth-order valence-corrected chi connectivity index (χ4v) is 3.21. The third kappa shape index (κ3) is 6.79. The van der Waals surface area contributed by atoms with E-state index in [0.717, 1.165) is 17.2 Å². The molecular formula is C23H30O4. The van der Waals surface area contributed by atoms with Crippen LogP contribution in [0.5, 0.6) is 17.2 Å². The van der Waals surface area contributed by atoms with Gasteiger partial charge in [-0.3, -0.25) is 0 Å². The van der Waals surface area contributed by atoms with Crippen LogP contribution >= 0.6 is 0 Å². The van der Waals surface area contributed by atoms with Crippen LogP contribution in [-0.2, 0) is 4.74 Å². The molecule has 0 saturated heterocycles. The molecule has 0 amide bonds. The fourth-order valence-electron chi connectivity index (χ4n) is 3.21. The minimum Gasteiger partial charge on any atom is -0.491 e. The summed E-state index contributed by atoms with van der Waals surface area (Å²) in [7, 11) is 0. The summed E-state index contributed by atoms with van der Waals surface area (Å²) in [4.78, 5) is 0. The highest BCUT2D eigenvalue weighted by atomic mass is 16.7. The monoisotopic (exact) mass is 370 g/mol. The SMILES string of the molecule is Cc1ccc(OC(C)OCCOc2ccc(OC3CCCCC3)cc2)cc1. The molecule has 4 heteroatoms. The summed E-state index contributed by atoms with van der Waals surface area (Å²) in [5, 5.41) is 0. The molecule has 4 nitrogen and oxygen atoms in total. The van der Waals surface area contributed by atoms with E-state index in [0.29, 0.717) is 19.3 Å². The lowest BCUT2D eigenvalue weighted by Crippen LogP contribution is -2.20. The van der Waals surface area contributed by atoms with Gasteiger partial charge in [-0.1, -0.05) is 24.1 Å². The molecule has 2 aromatic carbocycles. The summed E-state index contributed by atoms with van der Waals surface area (Å²) < 4.78 is 23.1. The van der Waals surface area contributed by atoms with Crippen molar-refractivity contribution in [2.45, 2.75) is 58.3 Å². The standard InChI is InChI=1S/C23H30O4/c1-18-8-10-22(11-9-18)26-19(2)24-16-17-25-20-12-14-23(15-13-20)27-21-6-4-3-5-7-21/h8-15,19,21H,3-7,16-17H2,1-2H3. The van der Waals surface area contributed by atoms with Crippen LogP contribution in [0.15, 0.2) is 48.5 Å². The average molecular weight is 370 g/mol. The van der Waals surface area contributed by atoms with Crippen LogP contribution in [0.25, 0.3) is 0 Å². The van der Waals surface area contributed by atoms with Crippen molar-refractivity contribution in [2.75, 3.05) is 13.2 Å². The molecule has 0 heterocycles. The Morgan fingerprint density at radius 1 is 0.815 bits per heavy atom. The van der Waals surface area contributed by atoms with Crippen molar-refractivity contribution < 1.29 is 18.9 Å². The van der Waals surface area contributed by atoms with Gasteiger partial charge in [-0.15, -0.1) is 0 Å². The lowest BCUT2D eigenvalue weighted by Gasteiger charge is -2.23. The van der Waals surface area contributed by atoms with Gasteiger partial charge in [0.25, 0.3) is 0 Å². The first-order chi connectivity index (χ1) is 13.2. The highest BCUT2D eigenvalue weighted by molar-refractivity contribution is 5.31. The molecule has 1 saturated carbocycles. The van der Waals surface area contributed by atoms with Crippen molar-refractivity contribution in [3.8, 4) is 17.2 Å². The second-order valence-electron chi connectivity index (χ2n) is 7.07. The number of benzene rings is 2. The Bertz CT molecular complexity index is 660. The number of rotatable bonds is 9. The molecule has 1 aliphatic carbocycles. The highest BCUT2D eigenvalue weighted by Crippen LogP contribution is 2.25. The molecule has 0 spiro atoms. The molecule has 0 aliphatic heterocycles. The van der Waals surface area contributed by atoms with Crippen molar-refractivity contribution in [1.82, 2.24) is 0 Å². The maximum Gasteiger partial charge on any atom is 0.197 e. The lowest BCUT2D eigenvalue weighted by molar-refractivity contribution is -0.0739. The zero-order valence-electron chi connectivity index (χ0n) is 16.4. The topological polar surface area (TPSA) is 36.9 Å². The van der Waals surface area contributed by atoms with Crippen LogP contribution in [0.2, 0.25) is 0 Å². The van der Waals surface area contributed by atoms with Gasteiger partial charge in [0, 0.05) is 0 Å². The van der Waals surface area contributed by atoms with Crippen molar-refractivity contribution in [3.63, 3.8) is 0 Å².